The lowest BCUT2D eigenvalue weighted by Gasteiger charge is -2.41. The van der Waals surface area contributed by atoms with Gasteiger partial charge < -0.3 is 19.7 Å². The quantitative estimate of drug-likeness (QED) is 0.453. The number of aromatic nitrogens is 4. The second kappa shape index (κ2) is 12.1. The highest BCUT2D eigenvalue weighted by atomic mass is 16.1. The van der Waals surface area contributed by atoms with Gasteiger partial charge in [-0.25, -0.2) is 15.0 Å². The van der Waals surface area contributed by atoms with Crippen LogP contribution in [-0.4, -0.2) is 82.2 Å². The lowest BCUT2D eigenvalue weighted by atomic mass is 9.97. The molecule has 9 nitrogen and oxygen atoms in total. The van der Waals surface area contributed by atoms with Crippen molar-refractivity contribution in [2.75, 3.05) is 55.6 Å². The number of nitrogens with one attached hydrogen (secondary N) is 1. The summed E-state index contributed by atoms with van der Waals surface area (Å²) in [7, 11) is 0. The summed E-state index contributed by atoms with van der Waals surface area (Å²) in [4.78, 5) is 34.7. The summed E-state index contributed by atoms with van der Waals surface area (Å²) in [6.07, 6.45) is 9.16. The first-order valence-corrected chi connectivity index (χ1v) is 15.4. The molecular formula is C31H44N8O. The number of benzene rings is 1. The molecule has 9 heteroatoms. The predicted octanol–water partition coefficient (Wildman–Crippen LogP) is 3.79. The van der Waals surface area contributed by atoms with E-state index in [2.05, 4.69) is 72.7 Å². The fraction of sp³-hybridized carbons (Fsp3) is 0.613. The van der Waals surface area contributed by atoms with E-state index in [1.54, 1.807) is 6.33 Å². The number of fused-ring (bicyclic) bond motifs is 3. The van der Waals surface area contributed by atoms with Crippen molar-refractivity contribution in [3.63, 3.8) is 0 Å². The number of rotatable bonds is 7. The van der Waals surface area contributed by atoms with E-state index in [0.29, 0.717) is 12.6 Å². The second-order valence-electron chi connectivity index (χ2n) is 12.0. The van der Waals surface area contributed by atoms with Crippen LogP contribution >= 0.6 is 0 Å². The number of anilines is 2. The van der Waals surface area contributed by atoms with Crippen LogP contribution in [0, 0.1) is 12.8 Å². The molecule has 3 aliphatic heterocycles. The van der Waals surface area contributed by atoms with Crippen molar-refractivity contribution in [1.29, 1.82) is 0 Å². The number of aryl methyl sites for hydroxylation is 3. The summed E-state index contributed by atoms with van der Waals surface area (Å²) in [6.45, 7) is 12.0. The van der Waals surface area contributed by atoms with E-state index >= 15 is 0 Å². The van der Waals surface area contributed by atoms with Crippen molar-refractivity contribution in [3.8, 4) is 0 Å². The molecule has 2 aromatic heterocycles. The third kappa shape index (κ3) is 5.80. The molecule has 0 bridgehead atoms. The average molecular weight is 545 g/mol. The molecule has 40 heavy (non-hydrogen) atoms. The Morgan fingerprint density at radius 1 is 1.05 bits per heavy atom. The third-order valence-electron chi connectivity index (χ3n) is 8.96. The highest BCUT2D eigenvalue weighted by Gasteiger charge is 2.29. The summed E-state index contributed by atoms with van der Waals surface area (Å²) in [5, 5.41) is 3.24. The molecule has 1 aromatic carbocycles. The van der Waals surface area contributed by atoms with Crippen LogP contribution in [0.3, 0.4) is 0 Å². The number of hydrogen-bond donors (Lipinski definition) is 1. The normalized spacial score (nSPS) is 22.2. The van der Waals surface area contributed by atoms with Gasteiger partial charge in [0.2, 0.25) is 5.91 Å². The van der Waals surface area contributed by atoms with E-state index in [0.717, 1.165) is 94.3 Å². The van der Waals surface area contributed by atoms with Crippen LogP contribution < -0.4 is 15.1 Å². The maximum atomic E-state index is 13.2. The molecule has 0 aliphatic carbocycles. The molecule has 6 rings (SSSR count). The summed E-state index contributed by atoms with van der Waals surface area (Å²) in [6, 6.07) is 9.29. The van der Waals surface area contributed by atoms with Crippen LogP contribution in [0.5, 0.6) is 0 Å². The number of amides is 1. The monoisotopic (exact) mass is 544 g/mol. The molecule has 0 spiro atoms. The summed E-state index contributed by atoms with van der Waals surface area (Å²) < 4.78 is 2.28. The molecule has 2 atom stereocenters. The van der Waals surface area contributed by atoms with Crippen molar-refractivity contribution in [3.05, 3.63) is 42.0 Å². The summed E-state index contributed by atoms with van der Waals surface area (Å²) >= 11 is 0. The van der Waals surface area contributed by atoms with Crippen LogP contribution in [0.4, 0.5) is 11.5 Å². The van der Waals surface area contributed by atoms with Crippen molar-refractivity contribution in [2.45, 2.75) is 71.4 Å². The number of piperazine rings is 1. The van der Waals surface area contributed by atoms with Gasteiger partial charge in [-0.3, -0.25) is 9.69 Å². The maximum Gasteiger partial charge on any atom is 0.224 e. The first kappa shape index (κ1) is 27.0. The summed E-state index contributed by atoms with van der Waals surface area (Å²) in [5.41, 5.74) is 4.48. The summed E-state index contributed by atoms with van der Waals surface area (Å²) in [5.74, 6) is 2.18. The SMILES string of the molecule is Cc1cccc(N2CCN(CCCNC(=O)[C@H]3CCCN(c4ncnc5c4nc4n5CCCCC4)C3)C[C@H]2C)c1. The van der Waals surface area contributed by atoms with Gasteiger partial charge in [-0.2, -0.15) is 0 Å². The van der Waals surface area contributed by atoms with E-state index < -0.39 is 0 Å². The van der Waals surface area contributed by atoms with E-state index in [1.165, 1.54) is 30.5 Å². The van der Waals surface area contributed by atoms with Gasteiger partial charge >= 0.3 is 0 Å². The molecular weight excluding hydrogens is 500 g/mol. The Kier molecular flexibility index (Phi) is 8.18. The number of imidazole rings is 1. The van der Waals surface area contributed by atoms with Crippen LogP contribution in [0.15, 0.2) is 30.6 Å². The van der Waals surface area contributed by atoms with E-state index in [1.807, 2.05) is 0 Å². The highest BCUT2D eigenvalue weighted by molar-refractivity contribution is 5.85. The van der Waals surface area contributed by atoms with Crippen molar-refractivity contribution < 1.29 is 4.79 Å². The molecule has 0 saturated carbocycles. The molecule has 0 radical (unpaired) electrons. The average Bonchev–Trinajstić information content (AvgIpc) is 3.16. The number of carbonyl (C=O) groups is 1. The van der Waals surface area contributed by atoms with Gasteiger partial charge in [-0.1, -0.05) is 18.6 Å². The van der Waals surface area contributed by atoms with Gasteiger partial charge in [0.05, 0.1) is 5.92 Å². The fourth-order valence-electron chi connectivity index (χ4n) is 6.83. The van der Waals surface area contributed by atoms with Crippen LogP contribution in [0.2, 0.25) is 0 Å². The number of hydrogen-bond acceptors (Lipinski definition) is 7. The Balaban J connectivity index is 0.988. The zero-order valence-electron chi connectivity index (χ0n) is 24.2. The van der Waals surface area contributed by atoms with Crippen LogP contribution in [-0.2, 0) is 17.8 Å². The third-order valence-corrected chi connectivity index (χ3v) is 8.96. The number of piperidine rings is 1. The highest BCUT2D eigenvalue weighted by Crippen LogP contribution is 2.29. The molecule has 0 unspecified atom stereocenters. The number of carbonyl (C=O) groups excluding carboxylic acids is 1. The molecule has 1 N–H and O–H groups in total. The molecule has 214 valence electrons. The molecule has 3 aliphatic rings. The molecule has 3 aromatic rings. The van der Waals surface area contributed by atoms with Crippen molar-refractivity contribution in [1.82, 2.24) is 29.7 Å². The molecule has 2 fully saturated rings. The van der Waals surface area contributed by atoms with Gasteiger partial charge in [-0.05, 0) is 70.2 Å². The molecule has 1 amide bonds. The predicted molar refractivity (Wildman–Crippen MR) is 160 cm³/mol. The van der Waals surface area contributed by atoms with Gasteiger partial charge in [0.25, 0.3) is 0 Å². The minimum absolute atomic E-state index is 0.0166. The lowest BCUT2D eigenvalue weighted by molar-refractivity contribution is -0.125. The second-order valence-corrected chi connectivity index (χ2v) is 12.0. The Hall–Kier alpha value is -3.20. The van der Waals surface area contributed by atoms with Crippen molar-refractivity contribution >= 4 is 28.6 Å². The zero-order chi connectivity index (χ0) is 27.5. The number of nitrogens with zero attached hydrogens (tertiary/aromatic N) is 7. The van der Waals surface area contributed by atoms with E-state index in [-0.39, 0.29) is 11.8 Å². The molecule has 2 saturated heterocycles. The van der Waals surface area contributed by atoms with Gasteiger partial charge in [0.1, 0.15) is 12.2 Å². The smallest absolute Gasteiger partial charge is 0.224 e. The van der Waals surface area contributed by atoms with Gasteiger partial charge in [0.15, 0.2) is 17.0 Å². The minimum Gasteiger partial charge on any atom is -0.366 e. The Morgan fingerprint density at radius 3 is 2.85 bits per heavy atom. The first-order valence-electron chi connectivity index (χ1n) is 15.4. The van der Waals surface area contributed by atoms with E-state index in [9.17, 15) is 4.79 Å². The van der Waals surface area contributed by atoms with Crippen molar-refractivity contribution in [2.24, 2.45) is 5.92 Å². The largest absolute Gasteiger partial charge is 0.366 e. The Bertz CT molecular complexity index is 1320. The minimum atomic E-state index is -0.0166. The molecule has 5 heterocycles. The maximum absolute atomic E-state index is 13.2. The fourth-order valence-corrected chi connectivity index (χ4v) is 6.83. The first-order chi connectivity index (χ1) is 19.6. The Labute approximate surface area is 238 Å². The van der Waals surface area contributed by atoms with Crippen LogP contribution in [0.1, 0.15) is 56.8 Å². The van der Waals surface area contributed by atoms with Gasteiger partial charge in [-0.15, -0.1) is 0 Å². The topological polar surface area (TPSA) is 82.4 Å². The van der Waals surface area contributed by atoms with E-state index in [4.69, 9.17) is 4.98 Å². The zero-order valence-corrected chi connectivity index (χ0v) is 24.2. The standard InChI is InChI=1S/C31H44N8O/c1-23-9-6-11-26(19-23)38-18-17-36(20-24(38)2)14-8-13-32-31(40)25-10-7-15-37(21-25)29-28-30(34-22-33-29)39-16-5-3-4-12-27(39)35-28/h6,9,11,19,22,24-25H,3-5,7-8,10,12-18,20-21H2,1-2H3,(H,32,40)/t24-,25+/m1/s1. The van der Waals surface area contributed by atoms with Crippen LogP contribution in [0.25, 0.3) is 11.2 Å². The Morgan fingerprint density at radius 2 is 1.98 bits per heavy atom. The van der Waals surface area contributed by atoms with Gasteiger partial charge in [0, 0.05) is 64.0 Å². The lowest BCUT2D eigenvalue weighted by Crippen LogP contribution is -2.52.